The van der Waals surface area contributed by atoms with E-state index in [1.807, 2.05) is 13.8 Å². The number of nitrogens with zero attached hydrogens (tertiary/aromatic N) is 2. The normalized spacial score (nSPS) is 13.1. The molecule has 1 N–H and O–H groups in total. The van der Waals surface area contributed by atoms with Gasteiger partial charge in [-0.3, -0.25) is 4.68 Å². The molecule has 1 aromatic rings. The highest BCUT2D eigenvalue weighted by Crippen LogP contribution is 2.19. The van der Waals surface area contributed by atoms with Crippen LogP contribution in [0.1, 0.15) is 58.8 Å². The summed E-state index contributed by atoms with van der Waals surface area (Å²) in [7, 11) is 0. The smallest absolute Gasteiger partial charge is 0.408 e. The minimum atomic E-state index is -0.575. The first-order valence-electron chi connectivity index (χ1n) is 6.71. The number of amides is 1. The fraction of sp³-hybridized carbons (Fsp3) is 0.643. The lowest BCUT2D eigenvalue weighted by molar-refractivity contribution is -0.108. The van der Waals surface area contributed by atoms with E-state index in [1.165, 1.54) is 0 Å². The average Bonchev–Trinajstić information content (AvgIpc) is 2.74. The van der Waals surface area contributed by atoms with Gasteiger partial charge < -0.3 is 14.8 Å². The zero-order valence-corrected chi connectivity index (χ0v) is 12.7. The largest absolute Gasteiger partial charge is 0.444 e. The van der Waals surface area contributed by atoms with Crippen LogP contribution in [-0.4, -0.2) is 27.8 Å². The standard InChI is InChI=1S/C14H23N3O3/c1-10(2)17-12(6-8-15-17)11(7-9-18)16-13(19)20-14(3,4)5/h6,8-11H,7H2,1-5H3,(H,16,19)/t11-/m1/s1. The number of ether oxygens (including phenoxy) is 1. The van der Waals surface area contributed by atoms with Crippen molar-refractivity contribution in [1.82, 2.24) is 15.1 Å². The third-order valence-electron chi connectivity index (χ3n) is 2.57. The van der Waals surface area contributed by atoms with Crippen molar-refractivity contribution < 1.29 is 14.3 Å². The fourth-order valence-corrected chi connectivity index (χ4v) is 1.83. The minimum Gasteiger partial charge on any atom is -0.444 e. The van der Waals surface area contributed by atoms with Gasteiger partial charge in [0.15, 0.2) is 0 Å². The predicted octanol–water partition coefficient (Wildman–Crippen LogP) is 2.62. The second-order valence-corrected chi connectivity index (χ2v) is 5.90. The number of hydrogen-bond donors (Lipinski definition) is 1. The van der Waals surface area contributed by atoms with Crippen LogP contribution in [0.15, 0.2) is 12.3 Å². The number of aldehydes is 1. The van der Waals surface area contributed by atoms with E-state index in [9.17, 15) is 9.59 Å². The number of hydrogen-bond acceptors (Lipinski definition) is 4. The summed E-state index contributed by atoms with van der Waals surface area (Å²) in [5.41, 5.74) is 0.214. The fourth-order valence-electron chi connectivity index (χ4n) is 1.83. The number of aromatic nitrogens is 2. The zero-order valence-electron chi connectivity index (χ0n) is 12.7. The van der Waals surface area contributed by atoms with Crippen LogP contribution in [0.5, 0.6) is 0 Å². The maximum absolute atomic E-state index is 11.8. The SMILES string of the molecule is CC(C)n1nccc1[C@@H](CC=O)NC(=O)OC(C)(C)C. The molecule has 20 heavy (non-hydrogen) atoms. The van der Waals surface area contributed by atoms with Gasteiger partial charge in [-0.25, -0.2) is 4.79 Å². The monoisotopic (exact) mass is 281 g/mol. The van der Waals surface area contributed by atoms with Crippen molar-refractivity contribution in [2.24, 2.45) is 0 Å². The molecule has 0 aliphatic rings. The number of carbonyl (C=O) groups excluding carboxylic acids is 2. The summed E-state index contributed by atoms with van der Waals surface area (Å²) >= 11 is 0. The van der Waals surface area contributed by atoms with Gasteiger partial charge in [0.05, 0.1) is 11.7 Å². The lowest BCUT2D eigenvalue weighted by Crippen LogP contribution is -2.36. The van der Waals surface area contributed by atoms with Crippen molar-refractivity contribution in [3.63, 3.8) is 0 Å². The number of nitrogens with one attached hydrogen (secondary N) is 1. The van der Waals surface area contributed by atoms with Crippen LogP contribution >= 0.6 is 0 Å². The Balaban J connectivity index is 2.86. The third-order valence-corrected chi connectivity index (χ3v) is 2.57. The maximum Gasteiger partial charge on any atom is 0.408 e. The van der Waals surface area contributed by atoms with Crippen molar-refractivity contribution in [1.29, 1.82) is 0 Å². The summed E-state index contributed by atoms with van der Waals surface area (Å²) in [6.45, 7) is 9.35. The first-order chi connectivity index (χ1) is 9.24. The lowest BCUT2D eigenvalue weighted by atomic mass is 10.1. The molecule has 1 amide bonds. The summed E-state index contributed by atoms with van der Waals surface area (Å²) in [5, 5.41) is 6.93. The highest BCUT2D eigenvalue weighted by Gasteiger charge is 2.23. The Hall–Kier alpha value is -1.85. The molecule has 112 valence electrons. The maximum atomic E-state index is 11.8. The van der Waals surface area contributed by atoms with E-state index in [1.54, 1.807) is 37.7 Å². The Morgan fingerprint density at radius 3 is 2.65 bits per heavy atom. The van der Waals surface area contributed by atoms with Gasteiger partial charge in [0.1, 0.15) is 11.9 Å². The second-order valence-electron chi connectivity index (χ2n) is 5.90. The molecule has 0 spiro atoms. The molecule has 6 nitrogen and oxygen atoms in total. The van der Waals surface area contributed by atoms with E-state index >= 15 is 0 Å². The summed E-state index contributed by atoms with van der Waals surface area (Å²) in [6.07, 6.45) is 2.07. The molecule has 1 atom stereocenters. The molecule has 0 aliphatic carbocycles. The van der Waals surface area contributed by atoms with Crippen molar-refractivity contribution in [3.05, 3.63) is 18.0 Å². The lowest BCUT2D eigenvalue weighted by Gasteiger charge is -2.24. The van der Waals surface area contributed by atoms with E-state index in [0.29, 0.717) is 0 Å². The summed E-state index contributed by atoms with van der Waals surface area (Å²) in [4.78, 5) is 22.7. The van der Waals surface area contributed by atoms with Gasteiger partial charge in [-0.15, -0.1) is 0 Å². The topological polar surface area (TPSA) is 73.2 Å². The van der Waals surface area contributed by atoms with Crippen molar-refractivity contribution in [2.45, 2.75) is 58.7 Å². The van der Waals surface area contributed by atoms with Crippen LogP contribution in [0.4, 0.5) is 4.79 Å². The van der Waals surface area contributed by atoms with Crippen molar-refractivity contribution in [3.8, 4) is 0 Å². The van der Waals surface area contributed by atoms with Gasteiger partial charge in [-0.2, -0.15) is 5.10 Å². The van der Waals surface area contributed by atoms with E-state index in [2.05, 4.69) is 10.4 Å². The van der Waals surface area contributed by atoms with E-state index in [0.717, 1.165) is 12.0 Å². The Labute approximate surface area is 119 Å². The number of alkyl carbamates (subject to hydrolysis) is 1. The number of carbonyl (C=O) groups is 2. The molecule has 6 heteroatoms. The highest BCUT2D eigenvalue weighted by atomic mass is 16.6. The Bertz CT molecular complexity index is 460. The molecule has 0 unspecified atom stereocenters. The molecule has 1 heterocycles. The molecule has 0 saturated heterocycles. The Morgan fingerprint density at radius 2 is 2.15 bits per heavy atom. The predicted molar refractivity (Wildman–Crippen MR) is 75.4 cm³/mol. The second kappa shape index (κ2) is 6.54. The van der Waals surface area contributed by atoms with Crippen LogP contribution in [0.2, 0.25) is 0 Å². The Kier molecular flexibility index (Phi) is 5.30. The molecule has 0 saturated carbocycles. The molecule has 0 aliphatic heterocycles. The van der Waals surface area contributed by atoms with Crippen LogP contribution in [0, 0.1) is 0 Å². The summed E-state index contributed by atoms with van der Waals surface area (Å²) < 4.78 is 7.00. The summed E-state index contributed by atoms with van der Waals surface area (Å²) in [6, 6.07) is 1.51. The third kappa shape index (κ3) is 4.68. The molecule has 1 rings (SSSR count). The van der Waals surface area contributed by atoms with Crippen LogP contribution in [-0.2, 0) is 9.53 Å². The molecule has 1 aromatic heterocycles. The molecule has 0 aromatic carbocycles. The molecule has 0 fully saturated rings. The molecule has 0 bridgehead atoms. The van der Waals surface area contributed by atoms with Gasteiger partial charge >= 0.3 is 6.09 Å². The van der Waals surface area contributed by atoms with E-state index in [-0.39, 0.29) is 12.5 Å². The Morgan fingerprint density at radius 1 is 1.50 bits per heavy atom. The van der Waals surface area contributed by atoms with E-state index < -0.39 is 17.7 Å². The van der Waals surface area contributed by atoms with Crippen molar-refractivity contribution in [2.75, 3.05) is 0 Å². The highest BCUT2D eigenvalue weighted by molar-refractivity contribution is 5.69. The molecular formula is C14H23N3O3. The van der Waals surface area contributed by atoms with Crippen molar-refractivity contribution >= 4 is 12.4 Å². The first kappa shape index (κ1) is 16.2. The molecule has 0 radical (unpaired) electrons. The van der Waals surface area contributed by atoms with E-state index in [4.69, 9.17) is 4.74 Å². The van der Waals surface area contributed by atoms with Crippen LogP contribution < -0.4 is 5.32 Å². The quantitative estimate of drug-likeness (QED) is 0.842. The minimum absolute atomic E-state index is 0.148. The van der Waals surface area contributed by atoms with Crippen LogP contribution in [0.25, 0.3) is 0 Å². The van der Waals surface area contributed by atoms with Gasteiger partial charge in [0.2, 0.25) is 0 Å². The zero-order chi connectivity index (χ0) is 15.3. The first-order valence-corrected chi connectivity index (χ1v) is 6.71. The van der Waals surface area contributed by atoms with Gasteiger partial charge in [0.25, 0.3) is 0 Å². The van der Waals surface area contributed by atoms with Gasteiger partial charge in [0, 0.05) is 18.7 Å². The van der Waals surface area contributed by atoms with Gasteiger partial charge in [-0.1, -0.05) is 0 Å². The average molecular weight is 281 g/mol. The molecular weight excluding hydrogens is 258 g/mol. The number of rotatable bonds is 5. The van der Waals surface area contributed by atoms with Crippen LogP contribution in [0.3, 0.4) is 0 Å². The summed E-state index contributed by atoms with van der Waals surface area (Å²) in [5.74, 6) is 0. The van der Waals surface area contributed by atoms with Gasteiger partial charge in [-0.05, 0) is 40.7 Å².